The van der Waals surface area contributed by atoms with E-state index in [0.717, 1.165) is 5.52 Å². The van der Waals surface area contributed by atoms with Crippen LogP contribution in [0.25, 0.3) is 11.0 Å². The molecule has 1 N–H and O–H groups in total. The molecule has 1 aromatic heterocycles. The topological polar surface area (TPSA) is 47.2 Å². The van der Waals surface area contributed by atoms with Crippen LogP contribution < -0.4 is 5.69 Å². The van der Waals surface area contributed by atoms with Gasteiger partial charge in [-0.3, -0.25) is 9.13 Å². The van der Waals surface area contributed by atoms with Gasteiger partial charge in [0.25, 0.3) is 0 Å². The van der Waals surface area contributed by atoms with Crippen LogP contribution in [0, 0.1) is 0 Å². The minimum atomic E-state index is -0.128. The fraction of sp³-hybridized carbons (Fsp3) is 0.364. The van der Waals surface area contributed by atoms with Crippen LogP contribution in [0.1, 0.15) is 13.8 Å². The van der Waals surface area contributed by atoms with Crippen LogP contribution in [-0.4, -0.2) is 14.2 Å². The van der Waals surface area contributed by atoms with Crippen LogP contribution in [0.3, 0.4) is 0 Å². The maximum atomic E-state index is 11.5. The molecule has 0 saturated carbocycles. The zero-order valence-corrected chi connectivity index (χ0v) is 9.48. The molecule has 0 unspecified atom stereocenters. The van der Waals surface area contributed by atoms with E-state index in [2.05, 4.69) is 0 Å². The molecule has 0 spiro atoms. The lowest BCUT2D eigenvalue weighted by Gasteiger charge is -1.96. The smallest absolute Gasteiger partial charge is 0.328 e. The van der Waals surface area contributed by atoms with E-state index in [-0.39, 0.29) is 11.4 Å². The summed E-state index contributed by atoms with van der Waals surface area (Å²) in [5.74, 6) is 0.137. The lowest BCUT2D eigenvalue weighted by molar-refractivity contribution is 0.478. The molecule has 0 bridgehead atoms. The highest BCUT2D eigenvalue weighted by Gasteiger charge is 2.09. The molecule has 82 valence electrons. The van der Waals surface area contributed by atoms with Crippen molar-refractivity contribution >= 4 is 11.0 Å². The number of fused-ring (bicyclic) bond motifs is 1. The van der Waals surface area contributed by atoms with Crippen LogP contribution in [0.4, 0.5) is 0 Å². The molecule has 15 heavy (non-hydrogen) atoms. The van der Waals surface area contributed by atoms with Gasteiger partial charge in [0.05, 0.1) is 5.52 Å². The number of imidazole rings is 1. The van der Waals surface area contributed by atoms with Crippen molar-refractivity contribution in [2.45, 2.75) is 13.8 Å². The molecule has 0 aliphatic carbocycles. The monoisotopic (exact) mass is 208 g/mol. The summed E-state index contributed by atoms with van der Waals surface area (Å²) in [5.41, 5.74) is 1.19. The van der Waals surface area contributed by atoms with Crippen molar-refractivity contribution in [3.05, 3.63) is 28.7 Å². The van der Waals surface area contributed by atoms with E-state index in [4.69, 9.17) is 0 Å². The van der Waals surface area contributed by atoms with Gasteiger partial charge in [0, 0.05) is 14.1 Å². The first-order valence-electron chi connectivity index (χ1n) is 4.96. The van der Waals surface area contributed by atoms with Gasteiger partial charge < -0.3 is 5.11 Å². The lowest BCUT2D eigenvalue weighted by Crippen LogP contribution is -2.19. The average Bonchev–Trinajstić information content (AvgIpc) is 2.48. The molecular weight excluding hydrogens is 192 g/mol. The van der Waals surface area contributed by atoms with Gasteiger partial charge in [-0.05, 0) is 12.1 Å². The van der Waals surface area contributed by atoms with Crippen molar-refractivity contribution in [2.24, 2.45) is 14.1 Å². The number of hydrogen-bond donors (Lipinski definition) is 1. The van der Waals surface area contributed by atoms with E-state index < -0.39 is 0 Å². The van der Waals surface area contributed by atoms with Crippen molar-refractivity contribution in [3.8, 4) is 5.75 Å². The maximum absolute atomic E-state index is 11.5. The number of aromatic hydroxyl groups is 1. The van der Waals surface area contributed by atoms with Crippen molar-refractivity contribution < 1.29 is 5.11 Å². The molecule has 4 nitrogen and oxygen atoms in total. The van der Waals surface area contributed by atoms with E-state index >= 15 is 0 Å². The molecule has 0 aliphatic rings. The Morgan fingerprint density at radius 2 is 1.73 bits per heavy atom. The molecule has 0 atom stereocenters. The number of benzene rings is 1. The number of aryl methyl sites for hydroxylation is 2. The Morgan fingerprint density at radius 3 is 2.27 bits per heavy atom. The molecular formula is C11H16N2O2. The van der Waals surface area contributed by atoms with E-state index in [0.29, 0.717) is 5.52 Å². The predicted molar refractivity (Wildman–Crippen MR) is 61.2 cm³/mol. The number of rotatable bonds is 0. The molecule has 2 rings (SSSR count). The van der Waals surface area contributed by atoms with E-state index in [1.54, 1.807) is 32.3 Å². The second-order valence-electron chi connectivity index (χ2n) is 3.05. The molecule has 0 aliphatic heterocycles. The van der Waals surface area contributed by atoms with Crippen LogP contribution in [-0.2, 0) is 14.1 Å². The third kappa shape index (κ3) is 1.63. The van der Waals surface area contributed by atoms with Gasteiger partial charge >= 0.3 is 5.69 Å². The minimum Gasteiger partial charge on any atom is -0.506 e. The highest BCUT2D eigenvalue weighted by atomic mass is 16.3. The van der Waals surface area contributed by atoms with Gasteiger partial charge in [-0.2, -0.15) is 0 Å². The first-order valence-corrected chi connectivity index (χ1v) is 4.96. The predicted octanol–water partition coefficient (Wildman–Crippen LogP) is 1.61. The van der Waals surface area contributed by atoms with Crippen LogP contribution >= 0.6 is 0 Å². The second kappa shape index (κ2) is 4.21. The number of phenols is 1. The van der Waals surface area contributed by atoms with E-state index in [9.17, 15) is 9.90 Å². The normalized spacial score (nSPS) is 9.87. The van der Waals surface area contributed by atoms with Crippen LogP contribution in [0.2, 0.25) is 0 Å². The number of hydrogen-bond acceptors (Lipinski definition) is 2. The quantitative estimate of drug-likeness (QED) is 0.715. The molecule has 2 aromatic rings. The SMILES string of the molecule is CC.Cn1c(=O)n(C)c2c(O)cccc21. The highest BCUT2D eigenvalue weighted by Crippen LogP contribution is 2.21. The summed E-state index contributed by atoms with van der Waals surface area (Å²) in [5, 5.41) is 9.52. The van der Waals surface area contributed by atoms with E-state index in [1.807, 2.05) is 13.8 Å². The largest absolute Gasteiger partial charge is 0.506 e. The third-order valence-corrected chi connectivity index (χ3v) is 2.26. The Bertz CT molecular complexity index is 523. The molecule has 1 heterocycles. The highest BCUT2D eigenvalue weighted by molar-refractivity contribution is 5.82. The zero-order chi connectivity index (χ0) is 11.6. The number of aromatic nitrogens is 2. The number of para-hydroxylation sites is 1. The second-order valence-corrected chi connectivity index (χ2v) is 3.05. The van der Waals surface area contributed by atoms with Gasteiger partial charge in [0.1, 0.15) is 11.3 Å². The Morgan fingerprint density at radius 1 is 1.13 bits per heavy atom. The maximum Gasteiger partial charge on any atom is 0.328 e. The fourth-order valence-corrected chi connectivity index (χ4v) is 1.56. The van der Waals surface area contributed by atoms with Crippen LogP contribution in [0.5, 0.6) is 5.75 Å². The Labute approximate surface area is 88.4 Å². The van der Waals surface area contributed by atoms with E-state index in [1.165, 1.54) is 9.13 Å². The molecule has 0 amide bonds. The fourth-order valence-electron chi connectivity index (χ4n) is 1.56. The summed E-state index contributed by atoms with van der Waals surface area (Å²) in [4.78, 5) is 11.5. The summed E-state index contributed by atoms with van der Waals surface area (Å²) in [7, 11) is 3.33. The first kappa shape index (κ1) is 11.4. The average molecular weight is 208 g/mol. The standard InChI is InChI=1S/C9H10N2O2.C2H6/c1-10-6-4-3-5-7(12)8(6)11(2)9(10)13;1-2/h3-5,12H,1-2H3;1-2H3. The van der Waals surface area contributed by atoms with Gasteiger partial charge in [-0.25, -0.2) is 4.79 Å². The third-order valence-electron chi connectivity index (χ3n) is 2.26. The summed E-state index contributed by atoms with van der Waals surface area (Å²) >= 11 is 0. The van der Waals surface area contributed by atoms with Crippen LogP contribution in [0.15, 0.2) is 23.0 Å². The number of phenolic OH excluding ortho intramolecular Hbond substituents is 1. The number of nitrogens with zero attached hydrogens (tertiary/aromatic N) is 2. The molecule has 0 saturated heterocycles. The van der Waals surface area contributed by atoms with Crippen molar-refractivity contribution in [3.63, 3.8) is 0 Å². The Balaban J connectivity index is 0.000000531. The van der Waals surface area contributed by atoms with Crippen molar-refractivity contribution in [2.75, 3.05) is 0 Å². The van der Waals surface area contributed by atoms with Gasteiger partial charge in [-0.15, -0.1) is 0 Å². The Hall–Kier alpha value is -1.71. The summed E-state index contributed by atoms with van der Waals surface area (Å²) in [6.07, 6.45) is 0. The van der Waals surface area contributed by atoms with Crippen molar-refractivity contribution in [1.29, 1.82) is 0 Å². The zero-order valence-electron chi connectivity index (χ0n) is 9.48. The van der Waals surface area contributed by atoms with Gasteiger partial charge in [-0.1, -0.05) is 19.9 Å². The summed E-state index contributed by atoms with van der Waals surface area (Å²) in [6.45, 7) is 4.00. The van der Waals surface area contributed by atoms with Gasteiger partial charge in [0.15, 0.2) is 0 Å². The molecule has 0 fully saturated rings. The molecule has 0 radical (unpaired) electrons. The summed E-state index contributed by atoms with van der Waals surface area (Å²) in [6, 6.07) is 5.09. The molecule has 1 aromatic carbocycles. The molecule has 4 heteroatoms. The van der Waals surface area contributed by atoms with Gasteiger partial charge in [0.2, 0.25) is 0 Å². The summed E-state index contributed by atoms with van der Waals surface area (Å²) < 4.78 is 2.94. The lowest BCUT2D eigenvalue weighted by atomic mass is 10.3. The first-order chi connectivity index (χ1) is 7.13. The Kier molecular flexibility index (Phi) is 3.19. The minimum absolute atomic E-state index is 0.128. The van der Waals surface area contributed by atoms with Crippen molar-refractivity contribution in [1.82, 2.24) is 9.13 Å².